The second-order valence-electron chi connectivity index (χ2n) is 5.94. The van der Waals surface area contributed by atoms with Gasteiger partial charge in [0.05, 0.1) is 11.6 Å². The van der Waals surface area contributed by atoms with Crippen molar-refractivity contribution >= 4 is 15.9 Å². The monoisotopic (exact) mass is 334 g/mol. The lowest BCUT2D eigenvalue weighted by molar-refractivity contribution is 0.0930. The molecule has 122 valence electrons. The van der Waals surface area contributed by atoms with E-state index in [0.717, 1.165) is 24.3 Å². The lowest BCUT2D eigenvalue weighted by Gasteiger charge is -2.19. The van der Waals surface area contributed by atoms with Gasteiger partial charge >= 0.3 is 0 Å². The molecule has 1 aliphatic carbocycles. The quantitative estimate of drug-likeness (QED) is 0.873. The highest BCUT2D eigenvalue weighted by atomic mass is 32.2. The number of hydrogen-bond donors (Lipinski definition) is 2. The number of nitrogens with two attached hydrogens (primary N) is 1. The number of carbonyl (C=O) groups excluding carboxylic acids is 1. The summed E-state index contributed by atoms with van der Waals surface area (Å²) in [6, 6.07) is 10.8. The molecule has 0 spiro atoms. The molecule has 1 aromatic heterocycles. The number of amides is 1. The Morgan fingerprint density at radius 3 is 2.52 bits per heavy atom. The molecule has 0 radical (unpaired) electrons. The first kappa shape index (κ1) is 15.8. The molecule has 0 unspecified atom stereocenters. The molecule has 0 saturated heterocycles. The van der Waals surface area contributed by atoms with Crippen molar-refractivity contribution in [1.29, 1.82) is 0 Å². The van der Waals surface area contributed by atoms with Gasteiger partial charge in [0.2, 0.25) is 5.09 Å². The van der Waals surface area contributed by atoms with Crippen molar-refractivity contribution < 1.29 is 17.6 Å². The van der Waals surface area contributed by atoms with Gasteiger partial charge in [0.1, 0.15) is 6.26 Å². The standard InChI is InChI=1S/C16H18N2O4S/c1-10-7-13(10)15(11-5-3-2-4-6-11)18-16(19)12-8-14(22-9-12)23(17,20)21/h2-6,8-10,13,15H,7H2,1H3,(H,18,19)(H2,17,20,21)/t10-,13-,15-/m1/s1. The second kappa shape index (κ2) is 5.82. The zero-order chi connectivity index (χ0) is 16.6. The minimum Gasteiger partial charge on any atom is -0.451 e. The van der Waals surface area contributed by atoms with Crippen LogP contribution in [0.2, 0.25) is 0 Å². The molecule has 3 rings (SSSR count). The van der Waals surface area contributed by atoms with Gasteiger partial charge in [0.25, 0.3) is 15.9 Å². The molecule has 23 heavy (non-hydrogen) atoms. The molecule has 3 atom stereocenters. The van der Waals surface area contributed by atoms with Gasteiger partial charge in [-0.1, -0.05) is 37.3 Å². The number of nitrogens with one attached hydrogen (secondary N) is 1. The average molecular weight is 334 g/mol. The van der Waals surface area contributed by atoms with Crippen LogP contribution in [0.3, 0.4) is 0 Å². The summed E-state index contributed by atoms with van der Waals surface area (Å²) in [6.07, 6.45) is 2.15. The summed E-state index contributed by atoms with van der Waals surface area (Å²) in [6.45, 7) is 2.14. The van der Waals surface area contributed by atoms with Crippen LogP contribution in [0.4, 0.5) is 0 Å². The molecule has 1 aromatic carbocycles. The van der Waals surface area contributed by atoms with E-state index in [1.807, 2.05) is 30.3 Å². The summed E-state index contributed by atoms with van der Waals surface area (Å²) in [5, 5.41) is 7.54. The first-order valence-corrected chi connectivity index (χ1v) is 8.88. The summed E-state index contributed by atoms with van der Waals surface area (Å²) in [7, 11) is -3.96. The van der Waals surface area contributed by atoms with Crippen molar-refractivity contribution in [3.63, 3.8) is 0 Å². The largest absolute Gasteiger partial charge is 0.451 e. The first-order chi connectivity index (χ1) is 10.9. The van der Waals surface area contributed by atoms with E-state index in [2.05, 4.69) is 12.2 Å². The summed E-state index contributed by atoms with van der Waals surface area (Å²) in [5.74, 6) is 0.549. The Hall–Kier alpha value is -2.12. The fourth-order valence-electron chi connectivity index (χ4n) is 2.72. The molecule has 1 fully saturated rings. The van der Waals surface area contributed by atoms with E-state index in [1.165, 1.54) is 0 Å². The third-order valence-electron chi connectivity index (χ3n) is 4.16. The average Bonchev–Trinajstić information content (AvgIpc) is 3.03. The fourth-order valence-corrected chi connectivity index (χ4v) is 3.20. The maximum absolute atomic E-state index is 12.4. The lowest BCUT2D eigenvalue weighted by Crippen LogP contribution is -2.30. The minimum absolute atomic E-state index is 0.105. The summed E-state index contributed by atoms with van der Waals surface area (Å²) >= 11 is 0. The molecular formula is C16H18N2O4S. The van der Waals surface area contributed by atoms with Crippen molar-refractivity contribution in [2.24, 2.45) is 17.0 Å². The highest BCUT2D eigenvalue weighted by molar-refractivity contribution is 7.89. The first-order valence-electron chi connectivity index (χ1n) is 7.33. The predicted molar refractivity (Wildman–Crippen MR) is 84.0 cm³/mol. The Morgan fingerprint density at radius 1 is 1.35 bits per heavy atom. The third-order valence-corrected chi connectivity index (χ3v) is 4.94. The van der Waals surface area contributed by atoms with Gasteiger partial charge in [-0.25, -0.2) is 13.6 Å². The van der Waals surface area contributed by atoms with Crippen molar-refractivity contribution in [2.45, 2.75) is 24.5 Å². The Balaban J connectivity index is 1.80. The number of rotatable bonds is 5. The van der Waals surface area contributed by atoms with Crippen LogP contribution in [0.15, 0.2) is 52.2 Å². The van der Waals surface area contributed by atoms with Gasteiger partial charge in [-0.15, -0.1) is 0 Å². The van der Waals surface area contributed by atoms with Crippen LogP contribution >= 0.6 is 0 Å². The van der Waals surface area contributed by atoms with Gasteiger partial charge in [-0.2, -0.15) is 0 Å². The summed E-state index contributed by atoms with van der Waals surface area (Å²) in [4.78, 5) is 12.4. The molecule has 3 N–H and O–H groups in total. The maximum atomic E-state index is 12.4. The molecule has 1 amide bonds. The van der Waals surface area contributed by atoms with Crippen molar-refractivity contribution in [3.05, 3.63) is 53.8 Å². The number of furan rings is 1. The Kier molecular flexibility index (Phi) is 3.99. The molecule has 6 nitrogen and oxygen atoms in total. The van der Waals surface area contributed by atoms with Crippen LogP contribution in [0.25, 0.3) is 0 Å². The zero-order valence-electron chi connectivity index (χ0n) is 12.6. The Bertz CT molecular complexity index is 814. The second-order valence-corrected chi connectivity index (χ2v) is 7.43. The highest BCUT2D eigenvalue weighted by Crippen LogP contribution is 2.47. The molecule has 1 heterocycles. The van der Waals surface area contributed by atoms with Crippen molar-refractivity contribution in [2.75, 3.05) is 0 Å². The van der Waals surface area contributed by atoms with Crippen LogP contribution in [-0.2, 0) is 10.0 Å². The fraction of sp³-hybridized carbons (Fsp3) is 0.312. The molecule has 2 aromatic rings. The van der Waals surface area contributed by atoms with Crippen molar-refractivity contribution in [1.82, 2.24) is 5.32 Å². The number of hydrogen-bond acceptors (Lipinski definition) is 4. The SMILES string of the molecule is C[C@@H]1C[C@H]1[C@H](NC(=O)c1coc(S(N)(=O)=O)c1)c1ccccc1. The number of primary sulfonamides is 1. The maximum Gasteiger partial charge on any atom is 0.271 e. The van der Waals surface area contributed by atoms with E-state index >= 15 is 0 Å². The Labute approximate surface area is 134 Å². The number of benzene rings is 1. The van der Waals surface area contributed by atoms with E-state index in [0.29, 0.717) is 11.8 Å². The van der Waals surface area contributed by atoms with Crippen LogP contribution in [0, 0.1) is 11.8 Å². The predicted octanol–water partition coefficient (Wildman–Crippen LogP) is 2.05. The molecule has 7 heteroatoms. The lowest BCUT2D eigenvalue weighted by atomic mass is 10.0. The van der Waals surface area contributed by atoms with Gasteiger partial charge in [0, 0.05) is 6.07 Å². The molecule has 0 bridgehead atoms. The third kappa shape index (κ3) is 3.46. The Morgan fingerprint density at radius 2 is 2.00 bits per heavy atom. The van der Waals surface area contributed by atoms with E-state index in [1.54, 1.807) is 0 Å². The van der Waals surface area contributed by atoms with E-state index in [4.69, 9.17) is 9.56 Å². The molecule has 0 aliphatic heterocycles. The smallest absolute Gasteiger partial charge is 0.271 e. The van der Waals surface area contributed by atoms with Gasteiger partial charge in [0.15, 0.2) is 0 Å². The topological polar surface area (TPSA) is 102 Å². The van der Waals surface area contributed by atoms with Crippen LogP contribution in [-0.4, -0.2) is 14.3 Å². The molecule has 1 aliphatic rings. The highest BCUT2D eigenvalue weighted by Gasteiger charge is 2.41. The minimum atomic E-state index is -3.96. The van der Waals surface area contributed by atoms with Gasteiger partial charge in [-0.05, 0) is 23.8 Å². The number of sulfonamides is 1. The molecular weight excluding hydrogens is 316 g/mol. The van der Waals surface area contributed by atoms with Crippen LogP contribution in [0.1, 0.15) is 35.3 Å². The van der Waals surface area contributed by atoms with E-state index in [9.17, 15) is 13.2 Å². The van der Waals surface area contributed by atoms with Gasteiger partial charge in [-0.3, -0.25) is 4.79 Å². The summed E-state index contributed by atoms with van der Waals surface area (Å²) < 4.78 is 27.3. The normalized spacial score (nSPS) is 21.7. The van der Waals surface area contributed by atoms with Crippen LogP contribution < -0.4 is 10.5 Å². The van der Waals surface area contributed by atoms with Gasteiger partial charge < -0.3 is 9.73 Å². The number of carbonyl (C=O) groups is 1. The molecule has 1 saturated carbocycles. The van der Waals surface area contributed by atoms with E-state index in [-0.39, 0.29) is 17.5 Å². The van der Waals surface area contributed by atoms with Crippen LogP contribution in [0.5, 0.6) is 0 Å². The van der Waals surface area contributed by atoms with E-state index < -0.39 is 15.1 Å². The summed E-state index contributed by atoms with van der Waals surface area (Å²) in [5.41, 5.74) is 1.17. The van der Waals surface area contributed by atoms with Crippen molar-refractivity contribution in [3.8, 4) is 0 Å². The zero-order valence-corrected chi connectivity index (χ0v) is 13.4.